The molecule has 1 amide bonds. The summed E-state index contributed by atoms with van der Waals surface area (Å²) in [5.41, 5.74) is 1.62. The van der Waals surface area contributed by atoms with Gasteiger partial charge in [0, 0.05) is 30.1 Å². The van der Waals surface area contributed by atoms with E-state index in [0.717, 1.165) is 11.3 Å². The maximum atomic E-state index is 12.6. The van der Waals surface area contributed by atoms with Crippen LogP contribution in [0.3, 0.4) is 0 Å². The fraction of sp³-hybridized carbons (Fsp3) is 0.130. The van der Waals surface area contributed by atoms with Crippen molar-refractivity contribution in [3.63, 3.8) is 0 Å². The molecule has 3 rings (SSSR count). The standard InChI is InChI=1S/C23H18Cl2N4O3/c1-32-22(31)19(29-21(30)20-17(24)6-3-7-18(20)25)8-2-5-15-9-11-16(12-10-15)28-23-26-13-4-14-27-23/h3-4,6-7,9-14,19H,8H2,1H3,(H,29,30)(H,26,27,28). The van der Waals surface area contributed by atoms with Crippen molar-refractivity contribution in [2.24, 2.45) is 0 Å². The van der Waals surface area contributed by atoms with Crippen LogP contribution in [-0.2, 0) is 9.53 Å². The Balaban J connectivity index is 1.66. The van der Waals surface area contributed by atoms with Crippen LogP contribution in [0.15, 0.2) is 60.9 Å². The van der Waals surface area contributed by atoms with Gasteiger partial charge in [-0.15, -0.1) is 0 Å². The molecule has 0 aliphatic rings. The molecule has 0 saturated carbocycles. The second-order valence-electron chi connectivity index (χ2n) is 6.43. The summed E-state index contributed by atoms with van der Waals surface area (Å²) in [6.07, 6.45) is 3.33. The molecule has 162 valence electrons. The number of amides is 1. The Kier molecular flexibility index (Phi) is 8.03. The van der Waals surface area contributed by atoms with Gasteiger partial charge in [0.2, 0.25) is 5.95 Å². The third kappa shape index (κ3) is 6.20. The van der Waals surface area contributed by atoms with Crippen LogP contribution in [0.25, 0.3) is 0 Å². The van der Waals surface area contributed by atoms with Crippen LogP contribution in [0, 0.1) is 11.8 Å². The number of anilines is 2. The molecule has 0 radical (unpaired) electrons. The Morgan fingerprint density at radius 2 is 1.69 bits per heavy atom. The van der Waals surface area contributed by atoms with Crippen LogP contribution in [-0.4, -0.2) is 35.0 Å². The van der Waals surface area contributed by atoms with Crippen LogP contribution >= 0.6 is 23.2 Å². The number of nitrogens with one attached hydrogen (secondary N) is 2. The highest BCUT2D eigenvalue weighted by Crippen LogP contribution is 2.24. The maximum absolute atomic E-state index is 12.6. The smallest absolute Gasteiger partial charge is 0.329 e. The number of benzene rings is 2. The lowest BCUT2D eigenvalue weighted by Crippen LogP contribution is -2.41. The van der Waals surface area contributed by atoms with Crippen molar-refractivity contribution in [1.29, 1.82) is 0 Å². The molecular formula is C23H18Cl2N4O3. The molecule has 0 fully saturated rings. The molecule has 0 bridgehead atoms. The Morgan fingerprint density at radius 1 is 1.03 bits per heavy atom. The lowest BCUT2D eigenvalue weighted by molar-refractivity contribution is -0.142. The van der Waals surface area contributed by atoms with Crippen molar-refractivity contribution >= 4 is 46.7 Å². The highest BCUT2D eigenvalue weighted by atomic mass is 35.5. The molecule has 7 nitrogen and oxygen atoms in total. The first-order valence-electron chi connectivity index (χ1n) is 9.43. The summed E-state index contributed by atoms with van der Waals surface area (Å²) in [6.45, 7) is 0. The summed E-state index contributed by atoms with van der Waals surface area (Å²) in [5.74, 6) is 5.13. The number of hydrogen-bond donors (Lipinski definition) is 2. The van der Waals surface area contributed by atoms with Gasteiger partial charge in [-0.1, -0.05) is 41.1 Å². The highest BCUT2D eigenvalue weighted by molar-refractivity contribution is 6.39. The van der Waals surface area contributed by atoms with Gasteiger partial charge in [0.25, 0.3) is 5.91 Å². The molecular weight excluding hydrogens is 451 g/mol. The summed E-state index contributed by atoms with van der Waals surface area (Å²) in [4.78, 5) is 32.9. The summed E-state index contributed by atoms with van der Waals surface area (Å²) in [6, 6.07) is 12.7. The summed E-state index contributed by atoms with van der Waals surface area (Å²) >= 11 is 12.1. The molecule has 0 aliphatic heterocycles. The van der Waals surface area contributed by atoms with Gasteiger partial charge in [0.15, 0.2) is 0 Å². The number of nitrogens with zero attached hydrogens (tertiary/aromatic N) is 2. The van der Waals surface area contributed by atoms with Gasteiger partial charge in [-0.3, -0.25) is 4.79 Å². The number of carbonyl (C=O) groups excluding carboxylic acids is 2. The highest BCUT2D eigenvalue weighted by Gasteiger charge is 2.23. The molecule has 1 aromatic heterocycles. The van der Waals surface area contributed by atoms with Gasteiger partial charge in [0.1, 0.15) is 6.04 Å². The second-order valence-corrected chi connectivity index (χ2v) is 7.24. The average Bonchev–Trinajstić information content (AvgIpc) is 2.79. The first-order valence-corrected chi connectivity index (χ1v) is 10.2. The van der Waals surface area contributed by atoms with E-state index in [4.69, 9.17) is 27.9 Å². The summed E-state index contributed by atoms with van der Waals surface area (Å²) in [7, 11) is 1.24. The van der Waals surface area contributed by atoms with Crippen LogP contribution in [0.5, 0.6) is 0 Å². The predicted molar refractivity (Wildman–Crippen MR) is 123 cm³/mol. The van der Waals surface area contributed by atoms with Crippen LogP contribution in [0.2, 0.25) is 10.0 Å². The van der Waals surface area contributed by atoms with Crippen molar-refractivity contribution in [3.05, 3.63) is 82.1 Å². The number of ether oxygens (including phenoxy) is 1. The predicted octanol–water partition coefficient (Wildman–Crippen LogP) is 4.24. The Morgan fingerprint density at radius 3 is 2.31 bits per heavy atom. The van der Waals surface area contributed by atoms with Gasteiger partial charge in [-0.05, 0) is 42.5 Å². The minimum Gasteiger partial charge on any atom is -0.467 e. The third-order valence-corrected chi connectivity index (χ3v) is 4.86. The number of halogens is 2. The Bertz CT molecular complexity index is 1140. The number of methoxy groups -OCH3 is 1. The number of rotatable bonds is 6. The van der Waals surface area contributed by atoms with Crippen LogP contribution < -0.4 is 10.6 Å². The van der Waals surface area contributed by atoms with Crippen molar-refractivity contribution in [1.82, 2.24) is 15.3 Å². The molecule has 2 aromatic carbocycles. The molecule has 1 heterocycles. The molecule has 1 unspecified atom stereocenters. The molecule has 0 spiro atoms. The van der Waals surface area contributed by atoms with E-state index < -0.39 is 17.9 Å². The zero-order valence-corrected chi connectivity index (χ0v) is 18.4. The molecule has 2 N–H and O–H groups in total. The van der Waals surface area contributed by atoms with Crippen LogP contribution in [0.1, 0.15) is 22.3 Å². The number of hydrogen-bond acceptors (Lipinski definition) is 6. The van der Waals surface area contributed by atoms with E-state index in [-0.39, 0.29) is 22.0 Å². The Labute approximate surface area is 195 Å². The minimum absolute atomic E-state index is 0.0400. The van der Waals surface area contributed by atoms with E-state index in [1.54, 1.807) is 24.5 Å². The Hall–Kier alpha value is -3.60. The quantitative estimate of drug-likeness (QED) is 0.415. The van der Waals surface area contributed by atoms with Crippen molar-refractivity contribution in [2.75, 3.05) is 12.4 Å². The van der Waals surface area contributed by atoms with E-state index in [0.29, 0.717) is 5.95 Å². The monoisotopic (exact) mass is 468 g/mol. The minimum atomic E-state index is -0.983. The van der Waals surface area contributed by atoms with Crippen molar-refractivity contribution in [3.8, 4) is 11.8 Å². The first kappa shape index (κ1) is 23.1. The first-order chi connectivity index (χ1) is 15.5. The number of esters is 1. The third-order valence-electron chi connectivity index (χ3n) is 4.23. The molecule has 9 heteroatoms. The van der Waals surface area contributed by atoms with E-state index in [2.05, 4.69) is 32.4 Å². The van der Waals surface area contributed by atoms with Crippen molar-refractivity contribution in [2.45, 2.75) is 12.5 Å². The number of carbonyl (C=O) groups is 2. The van der Waals surface area contributed by atoms with E-state index in [1.165, 1.54) is 19.2 Å². The fourth-order valence-electron chi connectivity index (χ4n) is 2.67. The molecule has 0 aliphatic carbocycles. The SMILES string of the molecule is COC(=O)C(CC#Cc1ccc(Nc2ncccn2)cc1)NC(=O)c1c(Cl)cccc1Cl. The summed E-state index contributed by atoms with van der Waals surface area (Å²) < 4.78 is 4.78. The molecule has 1 atom stereocenters. The summed E-state index contributed by atoms with van der Waals surface area (Å²) in [5, 5.41) is 6.01. The topological polar surface area (TPSA) is 93.2 Å². The van der Waals surface area contributed by atoms with Gasteiger partial charge in [-0.2, -0.15) is 0 Å². The largest absolute Gasteiger partial charge is 0.467 e. The zero-order valence-electron chi connectivity index (χ0n) is 16.9. The van der Waals surface area contributed by atoms with E-state index >= 15 is 0 Å². The lowest BCUT2D eigenvalue weighted by Gasteiger charge is -2.15. The lowest BCUT2D eigenvalue weighted by atomic mass is 10.1. The average molecular weight is 469 g/mol. The zero-order chi connectivity index (χ0) is 22.9. The molecule has 3 aromatic rings. The van der Waals surface area contributed by atoms with Gasteiger partial charge in [-0.25, -0.2) is 14.8 Å². The second kappa shape index (κ2) is 11.1. The van der Waals surface area contributed by atoms with Gasteiger partial charge in [0.05, 0.1) is 22.7 Å². The maximum Gasteiger partial charge on any atom is 0.329 e. The van der Waals surface area contributed by atoms with Crippen molar-refractivity contribution < 1.29 is 14.3 Å². The molecule has 0 saturated heterocycles. The number of aromatic nitrogens is 2. The van der Waals surface area contributed by atoms with Gasteiger partial charge >= 0.3 is 5.97 Å². The van der Waals surface area contributed by atoms with E-state index in [9.17, 15) is 9.59 Å². The molecule has 32 heavy (non-hydrogen) atoms. The van der Waals surface area contributed by atoms with E-state index in [1.807, 2.05) is 24.3 Å². The van der Waals surface area contributed by atoms with Crippen LogP contribution in [0.4, 0.5) is 11.6 Å². The van der Waals surface area contributed by atoms with Gasteiger partial charge < -0.3 is 15.4 Å². The normalized spacial score (nSPS) is 11.0. The fourth-order valence-corrected chi connectivity index (χ4v) is 3.23.